The molecule has 0 radical (unpaired) electrons. The van der Waals surface area contributed by atoms with Gasteiger partial charge in [-0.05, 0) is 48.5 Å². The molecule has 3 aromatic carbocycles. The van der Waals surface area contributed by atoms with Gasteiger partial charge in [0.05, 0.1) is 18.4 Å². The van der Waals surface area contributed by atoms with E-state index in [0.29, 0.717) is 28.1 Å². The smallest absolute Gasteiger partial charge is 0.234 e. The average molecular weight is 434 g/mol. The van der Waals surface area contributed by atoms with Crippen LogP contribution in [0.25, 0.3) is 10.9 Å². The molecule has 0 unspecified atom stereocenters. The number of ether oxygens (including phenoxy) is 1. The van der Waals surface area contributed by atoms with Gasteiger partial charge < -0.3 is 15.4 Å². The summed E-state index contributed by atoms with van der Waals surface area (Å²) in [6, 6.07) is 20.8. The number of hydrogen-bond acceptors (Lipinski definition) is 6. The molecule has 0 aliphatic rings. The highest BCUT2D eigenvalue weighted by molar-refractivity contribution is 7.99. The number of aromatic nitrogens is 2. The summed E-state index contributed by atoms with van der Waals surface area (Å²) < 4.78 is 18.4. The maximum absolute atomic E-state index is 13.2. The molecule has 0 saturated heterocycles. The van der Waals surface area contributed by atoms with Crippen LogP contribution >= 0.6 is 11.8 Å². The van der Waals surface area contributed by atoms with Crippen LogP contribution in [0.5, 0.6) is 5.75 Å². The summed E-state index contributed by atoms with van der Waals surface area (Å²) in [5.74, 6) is 0.915. The Morgan fingerprint density at radius 2 is 1.81 bits per heavy atom. The second-order valence-corrected chi connectivity index (χ2v) is 7.52. The molecule has 1 amide bonds. The molecule has 0 aliphatic heterocycles. The van der Waals surface area contributed by atoms with Crippen LogP contribution in [0.3, 0.4) is 0 Å². The number of thioether (sulfide) groups is 1. The molecule has 0 aliphatic carbocycles. The molecule has 0 atom stereocenters. The Bertz CT molecular complexity index is 1220. The number of para-hydroxylation sites is 1. The van der Waals surface area contributed by atoms with Crippen molar-refractivity contribution in [2.45, 2.75) is 5.16 Å². The SMILES string of the molecule is COc1cccc(NC(=O)CSc2nc(Nc3ccc(F)cc3)c3ccccc3n2)c1. The fraction of sp³-hybridized carbons (Fsp3) is 0.0870. The maximum Gasteiger partial charge on any atom is 0.234 e. The third-order valence-electron chi connectivity index (χ3n) is 4.38. The number of benzene rings is 3. The lowest BCUT2D eigenvalue weighted by molar-refractivity contribution is -0.113. The van der Waals surface area contributed by atoms with E-state index in [1.165, 1.54) is 23.9 Å². The molecule has 0 saturated carbocycles. The van der Waals surface area contributed by atoms with Gasteiger partial charge in [-0.15, -0.1) is 0 Å². The Hall–Kier alpha value is -3.65. The molecule has 0 bridgehead atoms. The van der Waals surface area contributed by atoms with E-state index in [-0.39, 0.29) is 17.5 Å². The molecule has 8 heteroatoms. The number of halogens is 1. The van der Waals surface area contributed by atoms with Crippen molar-refractivity contribution in [1.82, 2.24) is 9.97 Å². The molecular weight excluding hydrogens is 415 g/mol. The number of nitrogens with one attached hydrogen (secondary N) is 2. The second-order valence-electron chi connectivity index (χ2n) is 6.57. The Morgan fingerprint density at radius 1 is 1.00 bits per heavy atom. The predicted molar refractivity (Wildman–Crippen MR) is 122 cm³/mol. The number of nitrogens with zero attached hydrogens (tertiary/aromatic N) is 2. The van der Waals surface area contributed by atoms with E-state index < -0.39 is 0 Å². The molecule has 4 rings (SSSR count). The topological polar surface area (TPSA) is 76.1 Å². The van der Waals surface area contributed by atoms with Gasteiger partial charge in [0.25, 0.3) is 0 Å². The first-order chi connectivity index (χ1) is 15.1. The summed E-state index contributed by atoms with van der Waals surface area (Å²) in [5, 5.41) is 7.34. The largest absolute Gasteiger partial charge is 0.497 e. The first-order valence-electron chi connectivity index (χ1n) is 9.47. The van der Waals surface area contributed by atoms with Crippen LogP contribution in [0.4, 0.5) is 21.6 Å². The van der Waals surface area contributed by atoms with Gasteiger partial charge in [-0.25, -0.2) is 14.4 Å². The third-order valence-corrected chi connectivity index (χ3v) is 5.22. The molecular formula is C23H19FN4O2S. The highest BCUT2D eigenvalue weighted by Crippen LogP contribution is 2.27. The van der Waals surface area contributed by atoms with E-state index in [1.54, 1.807) is 37.4 Å². The lowest BCUT2D eigenvalue weighted by Crippen LogP contribution is -2.14. The molecule has 4 aromatic rings. The van der Waals surface area contributed by atoms with Gasteiger partial charge in [0, 0.05) is 22.8 Å². The molecule has 1 heterocycles. The molecule has 6 nitrogen and oxygen atoms in total. The van der Waals surface area contributed by atoms with Crippen molar-refractivity contribution in [3.63, 3.8) is 0 Å². The zero-order valence-corrected chi connectivity index (χ0v) is 17.4. The minimum absolute atomic E-state index is 0.144. The second kappa shape index (κ2) is 9.44. The summed E-state index contributed by atoms with van der Waals surface area (Å²) in [6.07, 6.45) is 0. The zero-order chi connectivity index (χ0) is 21.6. The van der Waals surface area contributed by atoms with Crippen LogP contribution in [0.2, 0.25) is 0 Å². The quantitative estimate of drug-likeness (QED) is 0.306. The van der Waals surface area contributed by atoms with Gasteiger partial charge >= 0.3 is 0 Å². The van der Waals surface area contributed by atoms with E-state index in [0.717, 1.165) is 10.9 Å². The number of carbonyl (C=O) groups is 1. The number of methoxy groups -OCH3 is 1. The van der Waals surface area contributed by atoms with E-state index in [4.69, 9.17) is 4.74 Å². The minimum atomic E-state index is -0.309. The van der Waals surface area contributed by atoms with Crippen molar-refractivity contribution in [2.24, 2.45) is 0 Å². The zero-order valence-electron chi connectivity index (χ0n) is 16.6. The predicted octanol–water partition coefficient (Wildman–Crippen LogP) is 5.25. The Labute approximate surface area is 182 Å². The summed E-state index contributed by atoms with van der Waals surface area (Å²) in [7, 11) is 1.57. The molecule has 0 fully saturated rings. The van der Waals surface area contributed by atoms with E-state index in [9.17, 15) is 9.18 Å². The standard InChI is InChI=1S/C23H19FN4O2S/c1-30-18-6-4-5-17(13-18)25-21(29)14-31-23-27-20-8-3-2-7-19(20)22(28-23)26-16-11-9-15(24)10-12-16/h2-13H,14H2,1H3,(H,25,29)(H,26,27,28). The normalized spacial score (nSPS) is 10.6. The van der Waals surface area contributed by atoms with Crippen molar-refractivity contribution in [2.75, 3.05) is 23.5 Å². The van der Waals surface area contributed by atoms with Crippen LogP contribution in [-0.4, -0.2) is 28.7 Å². The first kappa shape index (κ1) is 20.6. The van der Waals surface area contributed by atoms with Gasteiger partial charge in [-0.1, -0.05) is 30.0 Å². The average Bonchev–Trinajstić information content (AvgIpc) is 2.79. The van der Waals surface area contributed by atoms with Crippen molar-refractivity contribution in [1.29, 1.82) is 0 Å². The maximum atomic E-state index is 13.2. The van der Waals surface area contributed by atoms with Crippen molar-refractivity contribution in [3.8, 4) is 5.75 Å². The summed E-state index contributed by atoms with van der Waals surface area (Å²) in [4.78, 5) is 21.5. The number of amides is 1. The van der Waals surface area contributed by atoms with E-state index in [1.807, 2.05) is 30.3 Å². The van der Waals surface area contributed by atoms with E-state index in [2.05, 4.69) is 20.6 Å². The van der Waals surface area contributed by atoms with Gasteiger partial charge in [0.1, 0.15) is 17.4 Å². The van der Waals surface area contributed by atoms with Crippen LogP contribution < -0.4 is 15.4 Å². The third kappa shape index (κ3) is 5.29. The highest BCUT2D eigenvalue weighted by Gasteiger charge is 2.11. The molecule has 1 aromatic heterocycles. The molecule has 31 heavy (non-hydrogen) atoms. The molecule has 2 N–H and O–H groups in total. The van der Waals surface area contributed by atoms with Crippen molar-refractivity contribution >= 4 is 45.8 Å². The number of hydrogen-bond donors (Lipinski definition) is 2. The first-order valence-corrected chi connectivity index (χ1v) is 10.5. The van der Waals surface area contributed by atoms with Gasteiger partial charge in [0.2, 0.25) is 5.91 Å². The van der Waals surface area contributed by atoms with Crippen molar-refractivity contribution < 1.29 is 13.9 Å². The van der Waals surface area contributed by atoms with Crippen LogP contribution in [0, 0.1) is 5.82 Å². The Morgan fingerprint density at radius 3 is 2.61 bits per heavy atom. The Kier molecular flexibility index (Phi) is 6.28. The highest BCUT2D eigenvalue weighted by atomic mass is 32.2. The van der Waals surface area contributed by atoms with Gasteiger partial charge in [-0.3, -0.25) is 4.79 Å². The number of carbonyl (C=O) groups excluding carboxylic acids is 1. The summed E-state index contributed by atoms with van der Waals surface area (Å²) >= 11 is 1.23. The van der Waals surface area contributed by atoms with Crippen molar-refractivity contribution in [3.05, 3.63) is 78.6 Å². The summed E-state index contributed by atoms with van der Waals surface area (Å²) in [5.41, 5.74) is 2.11. The van der Waals surface area contributed by atoms with Crippen LogP contribution in [0.15, 0.2) is 78.0 Å². The van der Waals surface area contributed by atoms with Gasteiger partial charge in [0.15, 0.2) is 5.16 Å². The Balaban J connectivity index is 1.50. The molecule has 0 spiro atoms. The lowest BCUT2D eigenvalue weighted by atomic mass is 10.2. The monoisotopic (exact) mass is 434 g/mol. The van der Waals surface area contributed by atoms with Crippen LogP contribution in [0.1, 0.15) is 0 Å². The van der Waals surface area contributed by atoms with Crippen LogP contribution in [-0.2, 0) is 4.79 Å². The number of fused-ring (bicyclic) bond motifs is 1. The number of anilines is 3. The number of rotatable bonds is 7. The lowest BCUT2D eigenvalue weighted by Gasteiger charge is -2.11. The fourth-order valence-corrected chi connectivity index (χ4v) is 3.56. The van der Waals surface area contributed by atoms with E-state index >= 15 is 0 Å². The molecule has 156 valence electrons. The fourth-order valence-electron chi connectivity index (χ4n) is 2.91. The van der Waals surface area contributed by atoms with Gasteiger partial charge in [-0.2, -0.15) is 0 Å². The minimum Gasteiger partial charge on any atom is -0.497 e. The summed E-state index contributed by atoms with van der Waals surface area (Å²) in [6.45, 7) is 0.